The molecular formula is C8H5ClIN3O. The van der Waals surface area contributed by atoms with Gasteiger partial charge in [-0.25, -0.2) is 0 Å². The van der Waals surface area contributed by atoms with E-state index < -0.39 is 0 Å². The van der Waals surface area contributed by atoms with E-state index >= 15 is 0 Å². The summed E-state index contributed by atoms with van der Waals surface area (Å²) in [5.41, 5.74) is 6.15. The number of benzene rings is 1. The summed E-state index contributed by atoms with van der Waals surface area (Å²) in [6.07, 6.45) is 0. The Labute approximate surface area is 98.6 Å². The Morgan fingerprint density at radius 3 is 2.86 bits per heavy atom. The van der Waals surface area contributed by atoms with E-state index in [9.17, 15) is 0 Å². The highest BCUT2D eigenvalue weighted by Gasteiger charge is 2.10. The van der Waals surface area contributed by atoms with Crippen molar-refractivity contribution in [2.75, 3.05) is 5.73 Å². The molecule has 0 atom stereocenters. The minimum Gasteiger partial charge on any atom is -0.365 e. The zero-order valence-electron chi connectivity index (χ0n) is 6.87. The summed E-state index contributed by atoms with van der Waals surface area (Å²) in [5.74, 6) is 0.505. The second kappa shape index (κ2) is 3.74. The fourth-order valence-electron chi connectivity index (χ4n) is 1.01. The molecule has 0 aliphatic rings. The van der Waals surface area contributed by atoms with E-state index in [4.69, 9.17) is 21.9 Å². The highest BCUT2D eigenvalue weighted by Crippen LogP contribution is 2.26. The third-order valence-corrected chi connectivity index (χ3v) is 2.78. The molecular weight excluding hydrogens is 316 g/mol. The van der Waals surface area contributed by atoms with Crippen LogP contribution in [0, 0.1) is 3.57 Å². The number of halogens is 2. The van der Waals surface area contributed by atoms with Gasteiger partial charge < -0.3 is 10.3 Å². The molecule has 1 aromatic carbocycles. The summed E-state index contributed by atoms with van der Waals surface area (Å²) in [4.78, 5) is 3.92. The molecule has 0 radical (unpaired) electrons. The van der Waals surface area contributed by atoms with Crippen molar-refractivity contribution in [3.8, 4) is 11.5 Å². The standard InChI is InChI=1S/C8H5ClIN3O/c9-4-1-2-6(10)5(3-4)7-12-8(11)13-14-7/h1-3H,(H2,11,13). The van der Waals surface area contributed by atoms with Gasteiger partial charge >= 0.3 is 0 Å². The van der Waals surface area contributed by atoms with Crippen LogP contribution in [0.5, 0.6) is 0 Å². The molecule has 1 heterocycles. The van der Waals surface area contributed by atoms with Crippen LogP contribution < -0.4 is 5.73 Å². The van der Waals surface area contributed by atoms with Crippen molar-refractivity contribution in [2.24, 2.45) is 0 Å². The van der Waals surface area contributed by atoms with Crippen LogP contribution in [-0.4, -0.2) is 10.1 Å². The van der Waals surface area contributed by atoms with Crippen LogP contribution in [0.15, 0.2) is 22.7 Å². The molecule has 4 nitrogen and oxygen atoms in total. The van der Waals surface area contributed by atoms with E-state index in [1.807, 2.05) is 6.07 Å². The van der Waals surface area contributed by atoms with Gasteiger partial charge in [-0.15, -0.1) is 0 Å². The summed E-state index contributed by atoms with van der Waals surface area (Å²) >= 11 is 8.01. The number of nitrogens with zero attached hydrogens (tertiary/aromatic N) is 2. The molecule has 2 N–H and O–H groups in total. The maximum absolute atomic E-state index is 5.85. The average molecular weight is 322 g/mol. The van der Waals surface area contributed by atoms with Crippen LogP contribution in [0.25, 0.3) is 11.5 Å². The first kappa shape index (κ1) is 9.72. The van der Waals surface area contributed by atoms with Crippen molar-refractivity contribution >= 4 is 40.1 Å². The number of anilines is 1. The van der Waals surface area contributed by atoms with Crippen LogP contribution in [0.2, 0.25) is 5.02 Å². The first-order chi connectivity index (χ1) is 6.66. The summed E-state index contributed by atoms with van der Waals surface area (Å²) in [6, 6.07) is 5.43. The zero-order valence-corrected chi connectivity index (χ0v) is 9.78. The van der Waals surface area contributed by atoms with Gasteiger partial charge in [-0.3, -0.25) is 0 Å². The van der Waals surface area contributed by atoms with Gasteiger partial charge in [0.25, 0.3) is 11.8 Å². The largest absolute Gasteiger partial charge is 0.365 e. The number of hydrogen-bond acceptors (Lipinski definition) is 4. The minimum absolute atomic E-state index is 0.121. The van der Waals surface area contributed by atoms with Gasteiger partial charge in [0.15, 0.2) is 0 Å². The van der Waals surface area contributed by atoms with E-state index in [-0.39, 0.29) is 5.95 Å². The molecule has 1 aromatic heterocycles. The maximum Gasteiger partial charge on any atom is 0.261 e. The van der Waals surface area contributed by atoms with E-state index in [2.05, 4.69) is 32.7 Å². The molecule has 0 spiro atoms. The Balaban J connectivity index is 2.55. The van der Waals surface area contributed by atoms with Crippen LogP contribution >= 0.6 is 34.2 Å². The highest BCUT2D eigenvalue weighted by molar-refractivity contribution is 14.1. The summed E-state index contributed by atoms with van der Waals surface area (Å²) in [7, 11) is 0. The second-order valence-corrected chi connectivity index (χ2v) is 4.18. The number of nitrogens with two attached hydrogens (primary N) is 1. The van der Waals surface area contributed by atoms with Crippen LogP contribution in [0.3, 0.4) is 0 Å². The van der Waals surface area contributed by atoms with Gasteiger partial charge in [0.1, 0.15) is 0 Å². The van der Waals surface area contributed by atoms with Crippen molar-refractivity contribution in [1.29, 1.82) is 0 Å². The number of nitrogen functional groups attached to an aromatic ring is 1. The molecule has 72 valence electrons. The second-order valence-electron chi connectivity index (χ2n) is 2.58. The third kappa shape index (κ3) is 1.83. The van der Waals surface area contributed by atoms with E-state index in [1.54, 1.807) is 12.1 Å². The molecule has 14 heavy (non-hydrogen) atoms. The summed E-state index contributed by atoms with van der Waals surface area (Å²) in [5, 5.41) is 4.13. The number of hydrogen-bond donors (Lipinski definition) is 1. The normalized spacial score (nSPS) is 10.4. The number of aromatic nitrogens is 2. The molecule has 0 aliphatic carbocycles. The Morgan fingerprint density at radius 2 is 2.21 bits per heavy atom. The van der Waals surface area contributed by atoms with Gasteiger partial charge in [-0.05, 0) is 45.9 Å². The summed E-state index contributed by atoms with van der Waals surface area (Å²) < 4.78 is 5.92. The lowest BCUT2D eigenvalue weighted by Crippen LogP contribution is -1.86. The Bertz CT molecular complexity index is 471. The molecule has 0 saturated heterocycles. The molecule has 0 amide bonds. The van der Waals surface area contributed by atoms with Crippen molar-refractivity contribution in [3.63, 3.8) is 0 Å². The minimum atomic E-state index is 0.121. The molecule has 6 heteroatoms. The first-order valence-corrected chi connectivity index (χ1v) is 5.17. The topological polar surface area (TPSA) is 64.9 Å². The molecule has 0 aliphatic heterocycles. The fraction of sp³-hybridized carbons (Fsp3) is 0. The molecule has 2 aromatic rings. The lowest BCUT2D eigenvalue weighted by atomic mass is 10.2. The van der Waals surface area contributed by atoms with Crippen molar-refractivity contribution in [2.45, 2.75) is 0 Å². The van der Waals surface area contributed by atoms with Crippen LogP contribution in [-0.2, 0) is 0 Å². The highest BCUT2D eigenvalue weighted by atomic mass is 127. The third-order valence-electron chi connectivity index (χ3n) is 1.60. The predicted molar refractivity (Wildman–Crippen MR) is 61.9 cm³/mol. The molecule has 0 bridgehead atoms. The van der Waals surface area contributed by atoms with Crippen LogP contribution in [0.1, 0.15) is 0 Å². The molecule has 2 rings (SSSR count). The van der Waals surface area contributed by atoms with Gasteiger partial charge in [0.05, 0.1) is 5.56 Å². The monoisotopic (exact) mass is 321 g/mol. The first-order valence-electron chi connectivity index (χ1n) is 3.71. The SMILES string of the molecule is Nc1noc(-c2cc(Cl)ccc2I)n1. The molecule has 0 unspecified atom stereocenters. The van der Waals surface area contributed by atoms with Crippen molar-refractivity contribution < 1.29 is 4.52 Å². The molecule has 0 fully saturated rings. The van der Waals surface area contributed by atoms with Crippen molar-refractivity contribution in [1.82, 2.24) is 10.1 Å². The number of rotatable bonds is 1. The Kier molecular flexibility index (Phi) is 2.60. The fourth-order valence-corrected chi connectivity index (χ4v) is 1.74. The van der Waals surface area contributed by atoms with Gasteiger partial charge in [-0.1, -0.05) is 11.6 Å². The van der Waals surface area contributed by atoms with E-state index in [1.165, 1.54) is 0 Å². The Morgan fingerprint density at radius 1 is 1.43 bits per heavy atom. The average Bonchev–Trinajstić information content (AvgIpc) is 2.56. The van der Waals surface area contributed by atoms with Crippen molar-refractivity contribution in [3.05, 3.63) is 26.8 Å². The van der Waals surface area contributed by atoms with Gasteiger partial charge in [0.2, 0.25) is 0 Å². The summed E-state index contributed by atoms with van der Waals surface area (Å²) in [6.45, 7) is 0. The van der Waals surface area contributed by atoms with Gasteiger partial charge in [-0.2, -0.15) is 4.98 Å². The van der Waals surface area contributed by atoms with Gasteiger partial charge in [0, 0.05) is 8.59 Å². The quantitative estimate of drug-likeness (QED) is 0.820. The van der Waals surface area contributed by atoms with E-state index in [0.717, 1.165) is 9.13 Å². The van der Waals surface area contributed by atoms with E-state index in [0.29, 0.717) is 10.9 Å². The lowest BCUT2D eigenvalue weighted by molar-refractivity contribution is 0.433. The maximum atomic E-state index is 5.85. The Hall–Kier alpha value is -0.820. The van der Waals surface area contributed by atoms with Crippen LogP contribution in [0.4, 0.5) is 5.95 Å². The predicted octanol–water partition coefficient (Wildman–Crippen LogP) is 2.58. The lowest BCUT2D eigenvalue weighted by Gasteiger charge is -1.98. The zero-order chi connectivity index (χ0) is 10.1. The molecule has 0 saturated carbocycles. The smallest absolute Gasteiger partial charge is 0.261 e.